The number of anilines is 1. The summed E-state index contributed by atoms with van der Waals surface area (Å²) in [4.78, 5) is 17.2. The Morgan fingerprint density at radius 1 is 1.09 bits per heavy atom. The number of benzodiazepines with no additional fused rings is 1. The van der Waals surface area contributed by atoms with Crippen LogP contribution in [0.5, 0.6) is 0 Å². The van der Waals surface area contributed by atoms with Crippen molar-refractivity contribution < 1.29 is 4.79 Å². The second-order valence-electron chi connectivity index (χ2n) is 5.86. The maximum Gasteiger partial charge on any atom is 0.249 e. The predicted molar refractivity (Wildman–Crippen MR) is 95.8 cm³/mol. The van der Waals surface area contributed by atoms with Crippen LogP contribution in [0.15, 0.2) is 47.5 Å². The van der Waals surface area contributed by atoms with Crippen molar-refractivity contribution >= 4 is 40.5 Å². The summed E-state index contributed by atoms with van der Waals surface area (Å²) in [6, 6.07) is 12.4. The van der Waals surface area contributed by atoms with Crippen molar-refractivity contribution in [3.05, 3.63) is 63.6 Å². The van der Waals surface area contributed by atoms with Crippen LogP contribution < -0.4 is 5.32 Å². The molecule has 1 aliphatic rings. The van der Waals surface area contributed by atoms with Crippen LogP contribution in [0.2, 0.25) is 10.0 Å². The van der Waals surface area contributed by atoms with Crippen LogP contribution in [0.25, 0.3) is 0 Å². The van der Waals surface area contributed by atoms with Gasteiger partial charge in [0, 0.05) is 21.2 Å². The molecule has 0 radical (unpaired) electrons. The average Bonchev–Trinajstić information content (AvgIpc) is 2.63. The summed E-state index contributed by atoms with van der Waals surface area (Å²) in [5.74, 6) is -0.0328. The first kappa shape index (κ1) is 16.0. The predicted octanol–water partition coefficient (Wildman–Crippen LogP) is 4.81. The summed E-state index contributed by atoms with van der Waals surface area (Å²) in [6.45, 7) is 3.96. The molecule has 3 nitrogen and oxygen atoms in total. The first-order valence-electron chi connectivity index (χ1n) is 7.40. The Kier molecular flexibility index (Phi) is 4.42. The average molecular weight is 347 g/mol. The number of amides is 1. The third-order valence-electron chi connectivity index (χ3n) is 3.76. The minimum absolute atomic E-state index is 0.0777. The quantitative estimate of drug-likeness (QED) is 0.832. The fourth-order valence-corrected chi connectivity index (χ4v) is 2.98. The molecule has 0 unspecified atom stereocenters. The third kappa shape index (κ3) is 3.26. The Bertz CT molecular complexity index is 799. The lowest BCUT2D eigenvalue weighted by atomic mass is 10.00. The van der Waals surface area contributed by atoms with Gasteiger partial charge in [0.1, 0.15) is 6.04 Å². The van der Waals surface area contributed by atoms with Gasteiger partial charge in [-0.3, -0.25) is 9.79 Å². The number of carbonyl (C=O) groups excluding carboxylic acids is 1. The van der Waals surface area contributed by atoms with E-state index in [1.165, 1.54) is 0 Å². The van der Waals surface area contributed by atoms with Crippen molar-refractivity contribution in [2.45, 2.75) is 19.9 Å². The highest BCUT2D eigenvalue weighted by molar-refractivity contribution is 6.33. The molecule has 2 aromatic rings. The first-order valence-corrected chi connectivity index (χ1v) is 8.16. The molecule has 1 amide bonds. The highest BCUT2D eigenvalue weighted by Crippen LogP contribution is 2.29. The normalized spacial score (nSPS) is 17.3. The number of rotatable bonds is 2. The number of aliphatic imine (C=N–C) groups is 1. The first-order chi connectivity index (χ1) is 11.0. The Hall–Kier alpha value is -1.84. The van der Waals surface area contributed by atoms with Crippen molar-refractivity contribution in [1.82, 2.24) is 0 Å². The van der Waals surface area contributed by atoms with E-state index in [0.717, 1.165) is 16.8 Å². The zero-order valence-electron chi connectivity index (χ0n) is 12.8. The minimum Gasteiger partial charge on any atom is -0.324 e. The molecule has 1 N–H and O–H groups in total. The molecule has 0 fully saturated rings. The summed E-state index contributed by atoms with van der Waals surface area (Å²) in [5.41, 5.74) is 3.10. The monoisotopic (exact) mass is 346 g/mol. The number of hydrogen-bond acceptors (Lipinski definition) is 2. The van der Waals surface area contributed by atoms with Gasteiger partial charge in [-0.05, 0) is 36.2 Å². The number of nitrogens with zero attached hydrogens (tertiary/aromatic N) is 1. The summed E-state index contributed by atoms with van der Waals surface area (Å²) < 4.78 is 0. The zero-order valence-corrected chi connectivity index (χ0v) is 14.3. The lowest BCUT2D eigenvalue weighted by Gasteiger charge is -2.14. The Morgan fingerprint density at radius 2 is 1.83 bits per heavy atom. The number of hydrogen-bond donors (Lipinski definition) is 1. The lowest BCUT2D eigenvalue weighted by Crippen LogP contribution is -2.30. The molecule has 0 saturated carbocycles. The molecule has 0 aromatic heterocycles. The molecule has 0 spiro atoms. The van der Waals surface area contributed by atoms with Crippen LogP contribution in [0, 0.1) is 5.92 Å². The van der Waals surface area contributed by atoms with Gasteiger partial charge in [0.15, 0.2) is 0 Å². The van der Waals surface area contributed by atoms with Crippen molar-refractivity contribution in [3.8, 4) is 0 Å². The van der Waals surface area contributed by atoms with E-state index >= 15 is 0 Å². The largest absolute Gasteiger partial charge is 0.324 e. The van der Waals surface area contributed by atoms with Gasteiger partial charge in [-0.1, -0.05) is 49.2 Å². The van der Waals surface area contributed by atoms with E-state index in [1.54, 1.807) is 12.1 Å². The number of benzene rings is 2. The van der Waals surface area contributed by atoms with Gasteiger partial charge >= 0.3 is 0 Å². The zero-order chi connectivity index (χ0) is 16.6. The van der Waals surface area contributed by atoms with Gasteiger partial charge in [0.2, 0.25) is 5.91 Å². The highest BCUT2D eigenvalue weighted by Gasteiger charge is 2.28. The van der Waals surface area contributed by atoms with Gasteiger partial charge in [-0.15, -0.1) is 0 Å². The van der Waals surface area contributed by atoms with Crippen LogP contribution >= 0.6 is 23.2 Å². The van der Waals surface area contributed by atoms with Crippen molar-refractivity contribution in [2.75, 3.05) is 5.32 Å². The second kappa shape index (κ2) is 6.34. The van der Waals surface area contributed by atoms with Gasteiger partial charge in [0.05, 0.1) is 11.4 Å². The Balaban J connectivity index is 2.24. The van der Waals surface area contributed by atoms with Crippen LogP contribution in [-0.2, 0) is 4.79 Å². The molecule has 0 bridgehead atoms. The summed E-state index contributed by atoms with van der Waals surface area (Å²) in [6.07, 6.45) is 0. The smallest absolute Gasteiger partial charge is 0.249 e. The number of carbonyl (C=O) groups is 1. The summed E-state index contributed by atoms with van der Waals surface area (Å²) >= 11 is 12.3. The highest BCUT2D eigenvalue weighted by atomic mass is 35.5. The van der Waals surface area contributed by atoms with E-state index in [4.69, 9.17) is 28.2 Å². The maximum atomic E-state index is 12.5. The molecular formula is C18H16Cl2N2O. The van der Waals surface area contributed by atoms with Gasteiger partial charge in [0.25, 0.3) is 0 Å². The van der Waals surface area contributed by atoms with E-state index in [9.17, 15) is 4.79 Å². The van der Waals surface area contributed by atoms with Gasteiger partial charge in [-0.2, -0.15) is 0 Å². The molecule has 2 aromatic carbocycles. The van der Waals surface area contributed by atoms with Crippen LogP contribution in [0.1, 0.15) is 25.0 Å². The van der Waals surface area contributed by atoms with E-state index in [2.05, 4.69) is 5.32 Å². The van der Waals surface area contributed by atoms with Gasteiger partial charge in [-0.25, -0.2) is 0 Å². The molecular weight excluding hydrogens is 331 g/mol. The van der Waals surface area contributed by atoms with E-state index in [0.29, 0.717) is 15.7 Å². The summed E-state index contributed by atoms with van der Waals surface area (Å²) in [7, 11) is 0. The molecule has 118 valence electrons. The van der Waals surface area contributed by atoms with E-state index in [1.807, 2.05) is 44.2 Å². The standard InChI is InChI=1S/C18H16Cl2N2O/c1-10(2)16-18(23)21-15-7-6-13(20)9-14(15)17(22-16)11-4-3-5-12(19)8-11/h3-10,16H,1-2H3,(H,21,23)/t16-/m0/s1. The SMILES string of the molecule is CC(C)[C@@H]1N=C(c2cccc(Cl)c2)c2cc(Cl)ccc2NC1=O. The summed E-state index contributed by atoms with van der Waals surface area (Å²) in [5, 5.41) is 4.17. The van der Waals surface area contributed by atoms with Crippen molar-refractivity contribution in [2.24, 2.45) is 10.9 Å². The van der Waals surface area contributed by atoms with Crippen LogP contribution in [-0.4, -0.2) is 17.7 Å². The lowest BCUT2D eigenvalue weighted by molar-refractivity contribution is -0.118. The Morgan fingerprint density at radius 3 is 2.52 bits per heavy atom. The van der Waals surface area contributed by atoms with Crippen LogP contribution in [0.3, 0.4) is 0 Å². The molecule has 5 heteroatoms. The number of fused-ring (bicyclic) bond motifs is 1. The topological polar surface area (TPSA) is 41.5 Å². The molecule has 0 aliphatic carbocycles. The fourth-order valence-electron chi connectivity index (χ4n) is 2.61. The van der Waals surface area contributed by atoms with Crippen LogP contribution in [0.4, 0.5) is 5.69 Å². The molecule has 3 rings (SSSR count). The van der Waals surface area contributed by atoms with Gasteiger partial charge < -0.3 is 5.32 Å². The molecule has 1 aliphatic heterocycles. The minimum atomic E-state index is -0.463. The number of halogens is 2. The molecule has 1 atom stereocenters. The van der Waals surface area contributed by atoms with E-state index < -0.39 is 6.04 Å². The molecule has 0 saturated heterocycles. The maximum absolute atomic E-state index is 12.5. The molecule has 23 heavy (non-hydrogen) atoms. The third-order valence-corrected chi connectivity index (χ3v) is 4.23. The number of nitrogens with one attached hydrogen (secondary N) is 1. The fraction of sp³-hybridized carbons (Fsp3) is 0.222. The van der Waals surface area contributed by atoms with E-state index in [-0.39, 0.29) is 11.8 Å². The van der Waals surface area contributed by atoms with Crippen molar-refractivity contribution in [1.29, 1.82) is 0 Å². The second-order valence-corrected chi connectivity index (χ2v) is 6.73. The Labute approximate surface area is 145 Å². The molecule has 1 heterocycles. The van der Waals surface area contributed by atoms with Crippen molar-refractivity contribution in [3.63, 3.8) is 0 Å².